The van der Waals surface area contributed by atoms with E-state index in [1.807, 2.05) is 12.1 Å². The summed E-state index contributed by atoms with van der Waals surface area (Å²) in [4.78, 5) is 0.126. The zero-order valence-corrected chi connectivity index (χ0v) is 14.4. The van der Waals surface area contributed by atoms with Gasteiger partial charge in [-0.1, -0.05) is 55.6 Å². The summed E-state index contributed by atoms with van der Waals surface area (Å²) in [5, 5.41) is 0. The van der Waals surface area contributed by atoms with Crippen LogP contribution in [0.25, 0.3) is 0 Å². The highest BCUT2D eigenvalue weighted by Crippen LogP contribution is 2.39. The molecule has 19 heavy (non-hydrogen) atoms. The molecular formula is C16H16Br2O. The minimum Gasteiger partial charge on any atom is -0.496 e. The summed E-state index contributed by atoms with van der Waals surface area (Å²) in [5.41, 5.74) is 4.96. The van der Waals surface area contributed by atoms with Crippen LogP contribution in [0.15, 0.2) is 40.9 Å². The average molecular weight is 384 g/mol. The van der Waals surface area contributed by atoms with Gasteiger partial charge in [0.15, 0.2) is 0 Å². The predicted molar refractivity (Wildman–Crippen MR) is 87.4 cm³/mol. The third-order valence-corrected chi connectivity index (χ3v) is 4.64. The number of rotatable bonds is 3. The van der Waals surface area contributed by atoms with E-state index in [0.717, 1.165) is 15.8 Å². The first-order chi connectivity index (χ1) is 9.02. The summed E-state index contributed by atoms with van der Waals surface area (Å²) >= 11 is 7.31. The Bertz CT molecular complexity index is 593. The first-order valence-electron chi connectivity index (χ1n) is 6.07. The summed E-state index contributed by atoms with van der Waals surface area (Å²) in [5.74, 6) is 0.894. The molecule has 1 nitrogen and oxygen atoms in total. The van der Waals surface area contributed by atoms with E-state index in [9.17, 15) is 0 Å². The Morgan fingerprint density at radius 2 is 1.74 bits per heavy atom. The maximum Gasteiger partial charge on any atom is 0.123 e. The summed E-state index contributed by atoms with van der Waals surface area (Å²) < 4.78 is 6.51. The van der Waals surface area contributed by atoms with E-state index in [1.165, 1.54) is 16.7 Å². The molecule has 100 valence electrons. The van der Waals surface area contributed by atoms with Gasteiger partial charge >= 0.3 is 0 Å². The Hall–Kier alpha value is -0.800. The van der Waals surface area contributed by atoms with E-state index in [-0.39, 0.29) is 4.83 Å². The van der Waals surface area contributed by atoms with Gasteiger partial charge in [-0.15, -0.1) is 0 Å². The van der Waals surface area contributed by atoms with E-state index < -0.39 is 0 Å². The van der Waals surface area contributed by atoms with Gasteiger partial charge in [0.2, 0.25) is 0 Å². The number of benzene rings is 2. The molecule has 0 N–H and O–H groups in total. The lowest BCUT2D eigenvalue weighted by Crippen LogP contribution is -1.99. The molecule has 2 rings (SSSR count). The van der Waals surface area contributed by atoms with Gasteiger partial charge in [0, 0.05) is 10.0 Å². The molecule has 0 aliphatic heterocycles. The van der Waals surface area contributed by atoms with Gasteiger partial charge in [0.1, 0.15) is 5.75 Å². The van der Waals surface area contributed by atoms with Crippen LogP contribution in [0, 0.1) is 13.8 Å². The third-order valence-electron chi connectivity index (χ3n) is 3.16. The zero-order chi connectivity index (χ0) is 14.0. The highest BCUT2D eigenvalue weighted by Gasteiger charge is 2.17. The molecular weight excluding hydrogens is 368 g/mol. The Morgan fingerprint density at radius 3 is 2.37 bits per heavy atom. The zero-order valence-electron chi connectivity index (χ0n) is 11.2. The molecule has 3 heteroatoms. The van der Waals surface area contributed by atoms with Crippen molar-refractivity contribution in [1.29, 1.82) is 0 Å². The minimum atomic E-state index is 0.126. The van der Waals surface area contributed by atoms with Crippen molar-refractivity contribution in [1.82, 2.24) is 0 Å². The van der Waals surface area contributed by atoms with Gasteiger partial charge in [-0.2, -0.15) is 0 Å². The van der Waals surface area contributed by atoms with Crippen LogP contribution < -0.4 is 4.74 Å². The Balaban J connectivity index is 2.49. The molecule has 0 bridgehead atoms. The van der Waals surface area contributed by atoms with Crippen LogP contribution in [0.4, 0.5) is 0 Å². The first kappa shape index (κ1) is 14.6. The van der Waals surface area contributed by atoms with E-state index in [2.05, 4.69) is 70.0 Å². The van der Waals surface area contributed by atoms with Crippen molar-refractivity contribution in [3.8, 4) is 5.75 Å². The number of methoxy groups -OCH3 is 1. The van der Waals surface area contributed by atoms with Crippen LogP contribution >= 0.6 is 31.9 Å². The standard InChI is InChI=1S/C16H16Br2O/c1-10-4-6-13(11(2)8-10)16(18)14-9-12(17)5-7-15(14)19-3/h4-9,16H,1-3H3. The van der Waals surface area contributed by atoms with Crippen LogP contribution in [-0.2, 0) is 0 Å². The van der Waals surface area contributed by atoms with Crippen LogP contribution in [0.3, 0.4) is 0 Å². The highest BCUT2D eigenvalue weighted by molar-refractivity contribution is 9.10. The van der Waals surface area contributed by atoms with E-state index in [0.29, 0.717) is 0 Å². The van der Waals surface area contributed by atoms with Crippen molar-refractivity contribution in [3.05, 3.63) is 63.1 Å². The van der Waals surface area contributed by atoms with Gasteiger partial charge in [-0.25, -0.2) is 0 Å². The lowest BCUT2D eigenvalue weighted by atomic mass is 9.98. The van der Waals surface area contributed by atoms with Crippen LogP contribution in [0.2, 0.25) is 0 Å². The number of alkyl halides is 1. The molecule has 0 spiro atoms. The second-order valence-electron chi connectivity index (χ2n) is 4.61. The SMILES string of the molecule is COc1ccc(Br)cc1C(Br)c1ccc(C)cc1C. The molecule has 2 aromatic carbocycles. The monoisotopic (exact) mass is 382 g/mol. The molecule has 0 saturated heterocycles. The average Bonchev–Trinajstić information content (AvgIpc) is 2.38. The van der Waals surface area contributed by atoms with E-state index >= 15 is 0 Å². The van der Waals surface area contributed by atoms with Gasteiger partial charge < -0.3 is 4.74 Å². The topological polar surface area (TPSA) is 9.23 Å². The number of hydrogen-bond donors (Lipinski definition) is 0. The lowest BCUT2D eigenvalue weighted by Gasteiger charge is -2.17. The molecule has 0 fully saturated rings. The van der Waals surface area contributed by atoms with Crippen molar-refractivity contribution < 1.29 is 4.74 Å². The van der Waals surface area contributed by atoms with Crippen molar-refractivity contribution in [2.75, 3.05) is 7.11 Å². The van der Waals surface area contributed by atoms with Crippen molar-refractivity contribution in [3.63, 3.8) is 0 Å². The Morgan fingerprint density at radius 1 is 1.00 bits per heavy atom. The van der Waals surface area contributed by atoms with Crippen molar-refractivity contribution in [2.24, 2.45) is 0 Å². The number of halogens is 2. The first-order valence-corrected chi connectivity index (χ1v) is 7.78. The summed E-state index contributed by atoms with van der Waals surface area (Å²) in [6.45, 7) is 4.25. The fraction of sp³-hybridized carbons (Fsp3) is 0.250. The van der Waals surface area contributed by atoms with Gasteiger partial charge in [-0.05, 0) is 43.2 Å². The molecule has 0 saturated carbocycles. The molecule has 1 atom stereocenters. The predicted octanol–water partition coefficient (Wildman–Crippen LogP) is 5.56. The molecule has 0 aliphatic rings. The quantitative estimate of drug-likeness (QED) is 0.630. The Labute approximate surface area is 131 Å². The van der Waals surface area contributed by atoms with E-state index in [1.54, 1.807) is 7.11 Å². The smallest absolute Gasteiger partial charge is 0.123 e. The van der Waals surface area contributed by atoms with E-state index in [4.69, 9.17) is 4.74 Å². The van der Waals surface area contributed by atoms with Gasteiger partial charge in [0.25, 0.3) is 0 Å². The second kappa shape index (κ2) is 6.10. The molecule has 0 aromatic heterocycles. The number of ether oxygens (including phenoxy) is 1. The largest absolute Gasteiger partial charge is 0.496 e. The second-order valence-corrected chi connectivity index (χ2v) is 6.44. The molecule has 0 amide bonds. The normalized spacial score (nSPS) is 12.3. The lowest BCUT2D eigenvalue weighted by molar-refractivity contribution is 0.410. The Kier molecular flexibility index (Phi) is 4.69. The minimum absolute atomic E-state index is 0.126. The van der Waals surface area contributed by atoms with Crippen LogP contribution in [-0.4, -0.2) is 7.11 Å². The number of hydrogen-bond acceptors (Lipinski definition) is 1. The highest BCUT2D eigenvalue weighted by atomic mass is 79.9. The number of aryl methyl sites for hydroxylation is 2. The molecule has 0 aliphatic carbocycles. The summed E-state index contributed by atoms with van der Waals surface area (Å²) in [6.07, 6.45) is 0. The van der Waals surface area contributed by atoms with Crippen molar-refractivity contribution >= 4 is 31.9 Å². The molecule has 1 unspecified atom stereocenters. The third kappa shape index (κ3) is 3.21. The van der Waals surface area contributed by atoms with Crippen molar-refractivity contribution in [2.45, 2.75) is 18.7 Å². The fourth-order valence-corrected chi connectivity index (χ4v) is 3.43. The van der Waals surface area contributed by atoms with Gasteiger partial charge in [-0.3, -0.25) is 0 Å². The van der Waals surface area contributed by atoms with Gasteiger partial charge in [0.05, 0.1) is 11.9 Å². The molecule has 0 radical (unpaired) electrons. The summed E-state index contributed by atoms with van der Waals surface area (Å²) in [6, 6.07) is 12.6. The summed E-state index contributed by atoms with van der Waals surface area (Å²) in [7, 11) is 1.70. The van der Waals surface area contributed by atoms with Crippen LogP contribution in [0.1, 0.15) is 27.1 Å². The van der Waals surface area contributed by atoms with Crippen LogP contribution in [0.5, 0.6) is 5.75 Å². The molecule has 0 heterocycles. The molecule has 2 aromatic rings. The maximum absolute atomic E-state index is 5.46. The fourth-order valence-electron chi connectivity index (χ4n) is 2.18. The maximum atomic E-state index is 5.46.